The SMILES string of the molecule is Cn1nc(C(=O)Nc2cccc(CN3CCCC3=O)c2)c2ccccc2c1=O. The molecule has 1 fully saturated rings. The number of nitrogens with zero attached hydrogens (tertiary/aromatic N) is 3. The molecular formula is C21H20N4O3. The normalized spacial score (nSPS) is 13.9. The second-order valence-electron chi connectivity index (χ2n) is 6.90. The zero-order valence-corrected chi connectivity index (χ0v) is 15.5. The number of likely N-dealkylation sites (tertiary alicyclic amines) is 1. The summed E-state index contributed by atoms with van der Waals surface area (Å²) in [6.07, 6.45) is 1.49. The standard InChI is InChI=1S/C21H20N4O3/c1-24-21(28)17-9-3-2-8-16(17)19(23-24)20(27)22-15-7-4-6-14(12-15)13-25-11-5-10-18(25)26/h2-4,6-9,12H,5,10-11,13H2,1H3,(H,22,27). The summed E-state index contributed by atoms with van der Waals surface area (Å²) in [4.78, 5) is 38.7. The topological polar surface area (TPSA) is 84.3 Å². The van der Waals surface area contributed by atoms with Crippen LogP contribution in [0.15, 0.2) is 53.3 Å². The van der Waals surface area contributed by atoms with Crippen LogP contribution in [0.2, 0.25) is 0 Å². The van der Waals surface area contributed by atoms with Crippen molar-refractivity contribution in [1.29, 1.82) is 0 Å². The Morgan fingerprint density at radius 2 is 1.89 bits per heavy atom. The average Bonchev–Trinajstić information content (AvgIpc) is 3.09. The van der Waals surface area contributed by atoms with E-state index < -0.39 is 0 Å². The van der Waals surface area contributed by atoms with Crippen LogP contribution in [0.25, 0.3) is 10.8 Å². The van der Waals surface area contributed by atoms with Gasteiger partial charge in [-0.25, -0.2) is 4.68 Å². The molecule has 0 saturated carbocycles. The molecule has 28 heavy (non-hydrogen) atoms. The van der Waals surface area contributed by atoms with E-state index in [1.165, 1.54) is 11.7 Å². The minimum Gasteiger partial charge on any atom is -0.338 e. The van der Waals surface area contributed by atoms with Gasteiger partial charge >= 0.3 is 0 Å². The van der Waals surface area contributed by atoms with Crippen molar-refractivity contribution in [3.8, 4) is 0 Å². The van der Waals surface area contributed by atoms with Crippen molar-refractivity contribution in [2.45, 2.75) is 19.4 Å². The van der Waals surface area contributed by atoms with Crippen molar-refractivity contribution in [3.63, 3.8) is 0 Å². The van der Waals surface area contributed by atoms with Crippen molar-refractivity contribution in [2.75, 3.05) is 11.9 Å². The maximum absolute atomic E-state index is 12.8. The molecule has 0 radical (unpaired) electrons. The number of benzene rings is 2. The van der Waals surface area contributed by atoms with Crippen LogP contribution in [0.4, 0.5) is 5.69 Å². The monoisotopic (exact) mass is 376 g/mol. The third-order valence-electron chi connectivity index (χ3n) is 4.90. The summed E-state index contributed by atoms with van der Waals surface area (Å²) in [5.41, 5.74) is 1.52. The van der Waals surface area contributed by atoms with E-state index >= 15 is 0 Å². The zero-order chi connectivity index (χ0) is 19.7. The Labute approximate surface area is 161 Å². The van der Waals surface area contributed by atoms with Crippen molar-refractivity contribution in [2.24, 2.45) is 7.05 Å². The lowest BCUT2D eigenvalue weighted by Crippen LogP contribution is -2.25. The first-order valence-corrected chi connectivity index (χ1v) is 9.17. The number of aromatic nitrogens is 2. The fourth-order valence-corrected chi connectivity index (χ4v) is 3.50. The fraction of sp³-hybridized carbons (Fsp3) is 0.238. The molecule has 4 rings (SSSR count). The number of fused-ring (bicyclic) bond motifs is 1. The van der Waals surface area contributed by atoms with Crippen LogP contribution < -0.4 is 10.9 Å². The molecule has 142 valence electrons. The molecular weight excluding hydrogens is 356 g/mol. The molecule has 0 spiro atoms. The van der Waals surface area contributed by atoms with Crippen LogP contribution in [0.3, 0.4) is 0 Å². The summed E-state index contributed by atoms with van der Waals surface area (Å²) in [5, 5.41) is 7.97. The third-order valence-corrected chi connectivity index (χ3v) is 4.90. The van der Waals surface area contributed by atoms with Gasteiger partial charge in [-0.1, -0.05) is 30.3 Å². The van der Waals surface area contributed by atoms with Gasteiger partial charge in [-0.05, 0) is 30.2 Å². The fourth-order valence-electron chi connectivity index (χ4n) is 3.50. The van der Waals surface area contributed by atoms with E-state index in [2.05, 4.69) is 10.4 Å². The lowest BCUT2D eigenvalue weighted by Gasteiger charge is -2.16. The highest BCUT2D eigenvalue weighted by Crippen LogP contribution is 2.19. The Morgan fingerprint density at radius 1 is 1.11 bits per heavy atom. The highest BCUT2D eigenvalue weighted by molar-refractivity contribution is 6.11. The summed E-state index contributed by atoms with van der Waals surface area (Å²) < 4.78 is 1.17. The number of carbonyl (C=O) groups is 2. The molecule has 1 saturated heterocycles. The number of rotatable bonds is 4. The van der Waals surface area contributed by atoms with Crippen LogP contribution in [0.5, 0.6) is 0 Å². The molecule has 7 heteroatoms. The molecule has 2 heterocycles. The molecule has 1 aliphatic heterocycles. The number of hydrogen-bond acceptors (Lipinski definition) is 4. The Kier molecular flexibility index (Phi) is 4.65. The van der Waals surface area contributed by atoms with Crippen LogP contribution in [-0.4, -0.2) is 33.0 Å². The minimum absolute atomic E-state index is 0.162. The van der Waals surface area contributed by atoms with Crippen molar-refractivity contribution < 1.29 is 9.59 Å². The van der Waals surface area contributed by atoms with Gasteiger partial charge in [0.2, 0.25) is 5.91 Å². The van der Waals surface area contributed by atoms with Crippen molar-refractivity contribution in [3.05, 3.63) is 70.1 Å². The molecule has 2 aromatic carbocycles. The van der Waals surface area contributed by atoms with E-state index in [-0.39, 0.29) is 23.1 Å². The van der Waals surface area contributed by atoms with Crippen LogP contribution in [0.1, 0.15) is 28.9 Å². The first-order chi connectivity index (χ1) is 13.5. The van der Waals surface area contributed by atoms with Crippen molar-refractivity contribution >= 4 is 28.3 Å². The van der Waals surface area contributed by atoms with E-state index in [4.69, 9.17) is 0 Å². The Hall–Kier alpha value is -3.48. The molecule has 1 aromatic heterocycles. The van der Waals surface area contributed by atoms with E-state index in [1.54, 1.807) is 30.3 Å². The first kappa shape index (κ1) is 17.9. The summed E-state index contributed by atoms with van der Waals surface area (Å²) in [5.74, 6) is -0.225. The average molecular weight is 376 g/mol. The summed E-state index contributed by atoms with van der Waals surface area (Å²) in [6, 6.07) is 14.4. The zero-order valence-electron chi connectivity index (χ0n) is 15.5. The van der Waals surface area contributed by atoms with Gasteiger partial charge in [0.05, 0.1) is 5.39 Å². The Balaban J connectivity index is 1.60. The number of anilines is 1. The Bertz CT molecular complexity index is 1140. The van der Waals surface area contributed by atoms with Gasteiger partial charge in [0.15, 0.2) is 5.69 Å². The summed E-state index contributed by atoms with van der Waals surface area (Å²) in [6.45, 7) is 1.30. The Morgan fingerprint density at radius 3 is 2.64 bits per heavy atom. The molecule has 1 N–H and O–H groups in total. The molecule has 0 atom stereocenters. The minimum atomic E-state index is -0.388. The van der Waals surface area contributed by atoms with Gasteiger partial charge in [0.25, 0.3) is 11.5 Å². The number of amides is 2. The molecule has 7 nitrogen and oxygen atoms in total. The van der Waals surface area contributed by atoms with Crippen LogP contribution >= 0.6 is 0 Å². The van der Waals surface area contributed by atoms with Gasteiger partial charge in [-0.3, -0.25) is 14.4 Å². The van der Waals surface area contributed by atoms with E-state index in [0.29, 0.717) is 29.4 Å². The smallest absolute Gasteiger partial charge is 0.276 e. The largest absolute Gasteiger partial charge is 0.338 e. The number of aryl methyl sites for hydroxylation is 1. The number of hydrogen-bond donors (Lipinski definition) is 1. The lowest BCUT2D eigenvalue weighted by atomic mass is 10.1. The van der Waals surface area contributed by atoms with Gasteiger partial charge in [-0.2, -0.15) is 5.10 Å². The predicted octanol–water partition coefficient (Wildman–Crippen LogP) is 2.31. The van der Waals surface area contributed by atoms with Crippen LogP contribution in [0, 0.1) is 0 Å². The highest BCUT2D eigenvalue weighted by atomic mass is 16.2. The lowest BCUT2D eigenvalue weighted by molar-refractivity contribution is -0.128. The van der Waals surface area contributed by atoms with Gasteiger partial charge in [0.1, 0.15) is 0 Å². The third kappa shape index (κ3) is 3.38. The highest BCUT2D eigenvalue weighted by Gasteiger charge is 2.20. The van der Waals surface area contributed by atoms with Gasteiger partial charge in [0, 0.05) is 37.6 Å². The molecule has 0 bridgehead atoms. The molecule has 1 aliphatic rings. The van der Waals surface area contributed by atoms with Crippen LogP contribution in [-0.2, 0) is 18.4 Å². The summed E-state index contributed by atoms with van der Waals surface area (Å²) >= 11 is 0. The first-order valence-electron chi connectivity index (χ1n) is 9.17. The molecule has 3 aromatic rings. The maximum Gasteiger partial charge on any atom is 0.276 e. The number of nitrogens with one attached hydrogen (secondary N) is 1. The molecule has 0 aliphatic carbocycles. The van der Waals surface area contributed by atoms with E-state index in [9.17, 15) is 14.4 Å². The van der Waals surface area contributed by atoms with Crippen molar-refractivity contribution in [1.82, 2.24) is 14.7 Å². The van der Waals surface area contributed by atoms with Gasteiger partial charge < -0.3 is 10.2 Å². The second-order valence-corrected chi connectivity index (χ2v) is 6.90. The maximum atomic E-state index is 12.8. The second kappa shape index (κ2) is 7.26. The predicted molar refractivity (Wildman–Crippen MR) is 106 cm³/mol. The van der Waals surface area contributed by atoms with E-state index in [1.807, 2.05) is 23.1 Å². The van der Waals surface area contributed by atoms with E-state index in [0.717, 1.165) is 18.5 Å². The van der Waals surface area contributed by atoms with Gasteiger partial charge in [-0.15, -0.1) is 0 Å². The quantitative estimate of drug-likeness (QED) is 0.757. The molecule has 2 amide bonds. The number of carbonyl (C=O) groups excluding carboxylic acids is 2. The molecule has 0 unspecified atom stereocenters. The summed E-state index contributed by atoms with van der Waals surface area (Å²) in [7, 11) is 1.53.